The Morgan fingerprint density at radius 2 is 1.96 bits per heavy atom. The fraction of sp³-hybridized carbons (Fsp3) is 0.533. The van der Waals surface area contributed by atoms with Crippen LogP contribution in [-0.4, -0.2) is 63.4 Å². The summed E-state index contributed by atoms with van der Waals surface area (Å²) in [5.74, 6) is -0.453. The van der Waals surface area contributed by atoms with Crippen molar-refractivity contribution in [1.82, 2.24) is 5.32 Å². The lowest BCUT2D eigenvalue weighted by Crippen LogP contribution is -2.64. The van der Waals surface area contributed by atoms with Crippen LogP contribution in [0.3, 0.4) is 0 Å². The smallest absolute Gasteiger partial charge is 0.269 e. The minimum atomic E-state index is -1.39. The summed E-state index contributed by atoms with van der Waals surface area (Å²) in [5.41, 5.74) is 0.546. The van der Waals surface area contributed by atoms with Crippen molar-refractivity contribution in [3.05, 3.63) is 39.9 Å². The normalized spacial score (nSPS) is 29.2. The number of aliphatic hydroxyl groups excluding tert-OH is 3. The van der Waals surface area contributed by atoms with Gasteiger partial charge in [0.1, 0.15) is 24.4 Å². The Hall–Kier alpha value is -2.11. The van der Waals surface area contributed by atoms with E-state index < -0.39 is 48.1 Å². The molecule has 0 bridgehead atoms. The number of benzene rings is 1. The summed E-state index contributed by atoms with van der Waals surface area (Å²) in [7, 11) is 0. The van der Waals surface area contributed by atoms with Crippen LogP contribution in [-0.2, 0) is 20.9 Å². The van der Waals surface area contributed by atoms with Gasteiger partial charge in [0.05, 0.1) is 18.1 Å². The Kier molecular flexibility index (Phi) is 6.39. The van der Waals surface area contributed by atoms with Crippen LogP contribution in [0.1, 0.15) is 12.5 Å². The van der Waals surface area contributed by atoms with Crippen molar-refractivity contribution in [2.75, 3.05) is 6.61 Å². The zero-order valence-electron chi connectivity index (χ0n) is 13.4. The van der Waals surface area contributed by atoms with E-state index in [4.69, 9.17) is 9.47 Å². The molecule has 10 heteroatoms. The second kappa shape index (κ2) is 8.32. The fourth-order valence-electron chi connectivity index (χ4n) is 2.51. The van der Waals surface area contributed by atoms with Crippen LogP contribution in [0.2, 0.25) is 0 Å². The van der Waals surface area contributed by atoms with Crippen LogP contribution in [0, 0.1) is 10.1 Å². The molecule has 1 fully saturated rings. The number of nitro benzene ring substituents is 1. The molecule has 0 unspecified atom stereocenters. The van der Waals surface area contributed by atoms with E-state index in [9.17, 15) is 30.2 Å². The van der Waals surface area contributed by atoms with Crippen LogP contribution in [0.4, 0.5) is 5.69 Å². The molecule has 25 heavy (non-hydrogen) atoms. The first-order chi connectivity index (χ1) is 11.8. The van der Waals surface area contributed by atoms with Gasteiger partial charge < -0.3 is 30.1 Å². The van der Waals surface area contributed by atoms with Gasteiger partial charge in [-0.05, 0) is 17.7 Å². The van der Waals surface area contributed by atoms with Crippen molar-refractivity contribution >= 4 is 11.6 Å². The number of carbonyl (C=O) groups excluding carboxylic acids is 1. The van der Waals surface area contributed by atoms with E-state index in [2.05, 4.69) is 5.32 Å². The lowest BCUT2D eigenvalue weighted by atomic mass is 9.97. The maximum atomic E-state index is 11.3. The maximum absolute atomic E-state index is 11.3. The summed E-state index contributed by atoms with van der Waals surface area (Å²) in [6, 6.07) is 4.61. The van der Waals surface area contributed by atoms with Crippen LogP contribution in [0.15, 0.2) is 24.3 Å². The number of non-ortho nitro benzene ring substituents is 1. The molecule has 1 heterocycles. The summed E-state index contributed by atoms with van der Waals surface area (Å²) < 4.78 is 11.0. The second-order valence-electron chi connectivity index (χ2n) is 5.67. The minimum Gasteiger partial charge on any atom is -0.394 e. The number of nitro groups is 1. The van der Waals surface area contributed by atoms with E-state index in [1.54, 1.807) is 0 Å². The second-order valence-corrected chi connectivity index (χ2v) is 5.67. The summed E-state index contributed by atoms with van der Waals surface area (Å²) in [6.45, 7) is 0.687. The Balaban J connectivity index is 2.07. The molecule has 0 aliphatic carbocycles. The molecule has 0 radical (unpaired) electrons. The number of rotatable bonds is 6. The molecule has 1 aliphatic heterocycles. The highest BCUT2D eigenvalue weighted by molar-refractivity contribution is 5.73. The minimum absolute atomic E-state index is 0.0142. The van der Waals surface area contributed by atoms with Gasteiger partial charge in [-0.3, -0.25) is 14.9 Å². The van der Waals surface area contributed by atoms with Crippen molar-refractivity contribution in [3.8, 4) is 0 Å². The maximum Gasteiger partial charge on any atom is 0.269 e. The zero-order chi connectivity index (χ0) is 18.6. The van der Waals surface area contributed by atoms with Crippen molar-refractivity contribution in [1.29, 1.82) is 0 Å². The molecule has 1 aromatic rings. The number of nitrogens with one attached hydrogen (secondary N) is 1. The van der Waals surface area contributed by atoms with Crippen molar-refractivity contribution in [2.45, 2.75) is 44.2 Å². The highest BCUT2D eigenvalue weighted by Crippen LogP contribution is 2.23. The summed E-state index contributed by atoms with van der Waals surface area (Å²) >= 11 is 0. The van der Waals surface area contributed by atoms with Crippen LogP contribution in [0.25, 0.3) is 0 Å². The molecule has 0 saturated carbocycles. The highest BCUT2D eigenvalue weighted by Gasteiger charge is 2.45. The molecule has 138 valence electrons. The number of hydrogen-bond acceptors (Lipinski definition) is 8. The van der Waals surface area contributed by atoms with Crippen LogP contribution in [0.5, 0.6) is 0 Å². The Morgan fingerprint density at radius 3 is 2.48 bits per heavy atom. The Morgan fingerprint density at radius 1 is 1.32 bits per heavy atom. The molecule has 1 saturated heterocycles. The topological polar surface area (TPSA) is 151 Å². The third kappa shape index (κ3) is 4.71. The van der Waals surface area contributed by atoms with Gasteiger partial charge in [0.15, 0.2) is 6.29 Å². The van der Waals surface area contributed by atoms with E-state index in [0.29, 0.717) is 5.56 Å². The number of hydrogen-bond donors (Lipinski definition) is 4. The van der Waals surface area contributed by atoms with Crippen molar-refractivity contribution in [3.63, 3.8) is 0 Å². The average molecular weight is 356 g/mol. The largest absolute Gasteiger partial charge is 0.394 e. The van der Waals surface area contributed by atoms with Gasteiger partial charge >= 0.3 is 0 Å². The third-order valence-corrected chi connectivity index (χ3v) is 3.81. The first kappa shape index (κ1) is 19.2. The van der Waals surface area contributed by atoms with E-state index in [1.807, 2.05) is 0 Å². The van der Waals surface area contributed by atoms with E-state index in [1.165, 1.54) is 31.2 Å². The standard InChI is InChI=1S/C15H20N2O8/c1-8(19)16-12-14(21)13(20)11(6-18)25-15(12)24-7-9-2-4-10(5-3-9)17(22)23/h2-5,11-15,18,20-21H,6-7H2,1H3,(H,16,19)/t11-,12-,13+,14-,15-/m0/s1. The molecule has 0 spiro atoms. The molecule has 4 N–H and O–H groups in total. The van der Waals surface area contributed by atoms with Crippen molar-refractivity contribution < 1.29 is 34.5 Å². The van der Waals surface area contributed by atoms with Crippen LogP contribution < -0.4 is 5.32 Å². The van der Waals surface area contributed by atoms with Gasteiger partial charge in [0, 0.05) is 19.1 Å². The molecule has 2 rings (SSSR count). The lowest BCUT2D eigenvalue weighted by Gasteiger charge is -2.42. The quantitative estimate of drug-likeness (QED) is 0.376. The van der Waals surface area contributed by atoms with Gasteiger partial charge in [-0.15, -0.1) is 0 Å². The van der Waals surface area contributed by atoms with Gasteiger partial charge in [-0.2, -0.15) is 0 Å². The Bertz CT molecular complexity index is 608. The fourth-order valence-corrected chi connectivity index (χ4v) is 2.51. The zero-order valence-corrected chi connectivity index (χ0v) is 13.4. The summed E-state index contributed by atoms with van der Waals surface area (Å²) in [5, 5.41) is 42.4. The molecular formula is C15H20N2O8. The summed E-state index contributed by atoms with van der Waals surface area (Å²) in [4.78, 5) is 21.4. The molecular weight excluding hydrogens is 336 g/mol. The predicted octanol–water partition coefficient (Wildman–Crippen LogP) is -0.945. The molecule has 1 aromatic carbocycles. The molecule has 1 aliphatic rings. The third-order valence-electron chi connectivity index (χ3n) is 3.81. The SMILES string of the molecule is CC(=O)N[C@@H]1[C@@H](OCc2ccc([N+](=O)[O-])cc2)O[C@@H](CO)[C@@H](O)[C@H]1O. The molecule has 0 aromatic heterocycles. The van der Waals surface area contributed by atoms with Crippen LogP contribution >= 0.6 is 0 Å². The molecule has 1 amide bonds. The highest BCUT2D eigenvalue weighted by atomic mass is 16.7. The number of ether oxygens (including phenoxy) is 2. The molecule has 10 nitrogen and oxygen atoms in total. The first-order valence-electron chi connectivity index (χ1n) is 7.58. The summed E-state index contributed by atoms with van der Waals surface area (Å²) in [6.07, 6.45) is -4.96. The van der Waals surface area contributed by atoms with E-state index in [-0.39, 0.29) is 12.3 Å². The van der Waals surface area contributed by atoms with E-state index in [0.717, 1.165) is 0 Å². The number of nitrogens with zero attached hydrogens (tertiary/aromatic N) is 1. The number of carbonyl (C=O) groups is 1. The number of aliphatic hydroxyl groups is 3. The van der Waals surface area contributed by atoms with Gasteiger partial charge in [-0.1, -0.05) is 0 Å². The van der Waals surface area contributed by atoms with Gasteiger partial charge in [0.25, 0.3) is 5.69 Å². The van der Waals surface area contributed by atoms with E-state index >= 15 is 0 Å². The number of amides is 1. The van der Waals surface area contributed by atoms with Gasteiger partial charge in [0.2, 0.25) is 5.91 Å². The lowest BCUT2D eigenvalue weighted by molar-refractivity contribution is -0.384. The molecule has 5 atom stereocenters. The van der Waals surface area contributed by atoms with Gasteiger partial charge in [-0.25, -0.2) is 0 Å². The monoisotopic (exact) mass is 356 g/mol. The Labute approximate surface area is 143 Å². The predicted molar refractivity (Wildman–Crippen MR) is 83.3 cm³/mol. The van der Waals surface area contributed by atoms with Crippen molar-refractivity contribution in [2.24, 2.45) is 0 Å². The average Bonchev–Trinajstić information content (AvgIpc) is 2.58. The first-order valence-corrected chi connectivity index (χ1v) is 7.58.